The third-order valence-corrected chi connectivity index (χ3v) is 5.83. The third-order valence-electron chi connectivity index (χ3n) is 5.83. The number of para-hydroxylation sites is 1. The number of carbonyl (C=O) groups excluding carboxylic acids is 1. The summed E-state index contributed by atoms with van der Waals surface area (Å²) in [7, 11) is 0. The standard InChI is InChI=1S/C23H16F2N6O3/c24-20(25)16-13-5-1-2-6-15(13)33-19(16)18-17-14(27-11-28-17)7-9-31(18)23(32)22-30-29-21(34-22)12-4-3-8-26-10-12/h1-6,8,10-11,18,20H,7,9H2,(H,27,28)/t18-/m0/s1. The number of nitrogens with zero attached hydrogens (tertiary/aromatic N) is 5. The Balaban J connectivity index is 1.46. The van der Waals surface area contributed by atoms with Crippen molar-refractivity contribution in [1.82, 2.24) is 30.0 Å². The van der Waals surface area contributed by atoms with Gasteiger partial charge in [-0.3, -0.25) is 9.78 Å². The fraction of sp³-hybridized carbons (Fsp3) is 0.174. The lowest BCUT2D eigenvalue weighted by molar-refractivity contribution is 0.0623. The van der Waals surface area contributed by atoms with Crippen molar-refractivity contribution in [2.24, 2.45) is 0 Å². The van der Waals surface area contributed by atoms with E-state index in [2.05, 4.69) is 25.1 Å². The Labute approximate surface area is 190 Å². The van der Waals surface area contributed by atoms with Crippen molar-refractivity contribution in [1.29, 1.82) is 0 Å². The molecule has 5 heterocycles. The van der Waals surface area contributed by atoms with Gasteiger partial charge in [0.1, 0.15) is 17.4 Å². The van der Waals surface area contributed by atoms with Crippen LogP contribution in [0.4, 0.5) is 8.78 Å². The molecule has 11 heteroatoms. The first-order valence-electron chi connectivity index (χ1n) is 10.5. The van der Waals surface area contributed by atoms with Crippen LogP contribution in [-0.2, 0) is 6.42 Å². The summed E-state index contributed by atoms with van der Waals surface area (Å²) in [6.45, 7) is 0.211. The predicted octanol–water partition coefficient (Wildman–Crippen LogP) is 4.33. The number of hydrogen-bond acceptors (Lipinski definition) is 7. The molecule has 4 aromatic heterocycles. The fourth-order valence-corrected chi connectivity index (χ4v) is 4.31. The molecule has 0 saturated heterocycles. The average molecular weight is 462 g/mol. The van der Waals surface area contributed by atoms with Crippen LogP contribution in [0, 0.1) is 0 Å². The third kappa shape index (κ3) is 3.16. The Morgan fingerprint density at radius 3 is 2.85 bits per heavy atom. The molecule has 0 saturated carbocycles. The van der Waals surface area contributed by atoms with E-state index in [1.165, 1.54) is 17.4 Å². The van der Waals surface area contributed by atoms with Crippen LogP contribution in [0.5, 0.6) is 0 Å². The number of furan rings is 1. The van der Waals surface area contributed by atoms with Gasteiger partial charge in [-0.25, -0.2) is 13.8 Å². The van der Waals surface area contributed by atoms with Crippen LogP contribution in [-0.4, -0.2) is 42.5 Å². The summed E-state index contributed by atoms with van der Waals surface area (Å²) in [4.78, 5) is 26.3. The van der Waals surface area contributed by atoms with E-state index in [1.807, 2.05) is 0 Å². The molecule has 0 unspecified atom stereocenters. The highest BCUT2D eigenvalue weighted by Gasteiger charge is 2.41. The van der Waals surface area contributed by atoms with Crippen molar-refractivity contribution < 1.29 is 22.4 Å². The predicted molar refractivity (Wildman–Crippen MR) is 114 cm³/mol. The number of amides is 1. The van der Waals surface area contributed by atoms with Gasteiger partial charge in [0.05, 0.1) is 23.1 Å². The topological polar surface area (TPSA) is 114 Å². The number of hydrogen-bond donors (Lipinski definition) is 1. The number of halogens is 2. The molecule has 0 spiro atoms. The summed E-state index contributed by atoms with van der Waals surface area (Å²) >= 11 is 0. The number of aromatic amines is 1. The average Bonchev–Trinajstić information content (AvgIpc) is 3.61. The van der Waals surface area contributed by atoms with Gasteiger partial charge in [-0.15, -0.1) is 10.2 Å². The van der Waals surface area contributed by atoms with Gasteiger partial charge in [-0.2, -0.15) is 0 Å². The van der Waals surface area contributed by atoms with E-state index >= 15 is 0 Å². The van der Waals surface area contributed by atoms with Crippen molar-refractivity contribution in [3.63, 3.8) is 0 Å². The lowest BCUT2D eigenvalue weighted by Crippen LogP contribution is -2.41. The van der Waals surface area contributed by atoms with Gasteiger partial charge in [0, 0.05) is 36.4 Å². The number of rotatable bonds is 4. The lowest BCUT2D eigenvalue weighted by Gasteiger charge is -2.33. The first kappa shape index (κ1) is 20.2. The molecule has 1 N–H and O–H groups in total. The Hall–Kier alpha value is -4.41. The molecule has 6 rings (SSSR count). The van der Waals surface area contributed by atoms with Gasteiger partial charge in [0.15, 0.2) is 0 Å². The molecule has 0 fully saturated rings. The number of pyridine rings is 1. The molecule has 1 aliphatic rings. The normalized spacial score (nSPS) is 15.7. The first-order valence-corrected chi connectivity index (χ1v) is 10.5. The Bertz CT molecular complexity index is 1490. The molecule has 170 valence electrons. The molecule has 5 aromatic rings. The number of alkyl halides is 2. The minimum absolute atomic E-state index is 0.0374. The number of fused-ring (bicyclic) bond motifs is 2. The highest BCUT2D eigenvalue weighted by molar-refractivity contribution is 5.91. The Morgan fingerprint density at radius 1 is 1.15 bits per heavy atom. The summed E-state index contributed by atoms with van der Waals surface area (Å²) in [6.07, 6.45) is 2.24. The molecule has 9 nitrogen and oxygen atoms in total. The van der Waals surface area contributed by atoms with Crippen LogP contribution in [0.2, 0.25) is 0 Å². The second-order valence-electron chi connectivity index (χ2n) is 7.75. The summed E-state index contributed by atoms with van der Waals surface area (Å²) in [6, 6.07) is 8.98. The summed E-state index contributed by atoms with van der Waals surface area (Å²) in [5.74, 6) is -0.786. The number of imidazole rings is 1. The van der Waals surface area contributed by atoms with Crippen LogP contribution < -0.4 is 0 Å². The minimum Gasteiger partial charge on any atom is -0.458 e. The van der Waals surface area contributed by atoms with E-state index in [4.69, 9.17) is 8.83 Å². The van der Waals surface area contributed by atoms with Crippen LogP contribution in [0.25, 0.3) is 22.4 Å². The van der Waals surface area contributed by atoms with Gasteiger partial charge in [-0.05, 0) is 18.2 Å². The van der Waals surface area contributed by atoms with Crippen molar-refractivity contribution in [2.75, 3.05) is 6.54 Å². The van der Waals surface area contributed by atoms with E-state index in [0.717, 1.165) is 5.69 Å². The minimum atomic E-state index is -2.82. The molecule has 0 radical (unpaired) electrons. The zero-order chi connectivity index (χ0) is 23.2. The quantitative estimate of drug-likeness (QED) is 0.423. The first-order chi connectivity index (χ1) is 16.6. The van der Waals surface area contributed by atoms with Crippen LogP contribution in [0.15, 0.2) is 64.0 Å². The fourth-order valence-electron chi connectivity index (χ4n) is 4.31. The van der Waals surface area contributed by atoms with Gasteiger partial charge < -0.3 is 18.7 Å². The van der Waals surface area contributed by atoms with Gasteiger partial charge in [0.25, 0.3) is 6.43 Å². The number of carbonyl (C=O) groups is 1. The van der Waals surface area contributed by atoms with Crippen LogP contribution in [0.1, 0.15) is 45.9 Å². The molecule has 1 aromatic carbocycles. The number of benzene rings is 1. The maximum Gasteiger partial charge on any atom is 0.312 e. The van der Waals surface area contributed by atoms with E-state index in [9.17, 15) is 13.6 Å². The zero-order valence-electron chi connectivity index (χ0n) is 17.5. The maximum atomic E-state index is 14.3. The monoisotopic (exact) mass is 462 g/mol. The van der Waals surface area contributed by atoms with E-state index in [1.54, 1.807) is 42.6 Å². The van der Waals surface area contributed by atoms with Crippen molar-refractivity contribution in [3.05, 3.63) is 83.7 Å². The van der Waals surface area contributed by atoms with Crippen molar-refractivity contribution in [3.8, 4) is 11.5 Å². The molecular weight excluding hydrogens is 446 g/mol. The Morgan fingerprint density at radius 2 is 2.03 bits per heavy atom. The number of aromatic nitrogens is 5. The van der Waals surface area contributed by atoms with E-state index in [0.29, 0.717) is 28.6 Å². The van der Waals surface area contributed by atoms with Gasteiger partial charge in [-0.1, -0.05) is 18.2 Å². The SMILES string of the molecule is O=C(c1nnc(-c2cccnc2)o1)N1CCc2[nH]cnc2[C@H]1c1oc2ccccc2c1C(F)F. The maximum absolute atomic E-state index is 14.3. The van der Waals surface area contributed by atoms with Crippen LogP contribution in [0.3, 0.4) is 0 Å². The second-order valence-corrected chi connectivity index (χ2v) is 7.75. The molecular formula is C23H16F2N6O3. The highest BCUT2D eigenvalue weighted by Crippen LogP contribution is 2.43. The van der Waals surface area contributed by atoms with Crippen LogP contribution >= 0.6 is 0 Å². The molecule has 0 aliphatic carbocycles. The van der Waals surface area contributed by atoms with Gasteiger partial charge >= 0.3 is 11.8 Å². The Kier molecular flexibility index (Phi) is 4.68. The molecule has 1 amide bonds. The number of nitrogens with one attached hydrogen (secondary N) is 1. The molecule has 34 heavy (non-hydrogen) atoms. The van der Waals surface area contributed by atoms with Gasteiger partial charge in [0.2, 0.25) is 5.89 Å². The van der Waals surface area contributed by atoms with Crippen molar-refractivity contribution in [2.45, 2.75) is 18.9 Å². The van der Waals surface area contributed by atoms with E-state index < -0.39 is 18.4 Å². The summed E-state index contributed by atoms with van der Waals surface area (Å²) in [5.41, 5.74) is 1.77. The summed E-state index contributed by atoms with van der Waals surface area (Å²) in [5, 5.41) is 8.13. The smallest absolute Gasteiger partial charge is 0.312 e. The molecule has 1 aliphatic heterocycles. The largest absolute Gasteiger partial charge is 0.458 e. The second kappa shape index (κ2) is 7.87. The highest BCUT2D eigenvalue weighted by atomic mass is 19.3. The lowest BCUT2D eigenvalue weighted by atomic mass is 9.97. The van der Waals surface area contributed by atoms with Crippen molar-refractivity contribution >= 4 is 16.9 Å². The summed E-state index contributed by atoms with van der Waals surface area (Å²) < 4.78 is 40.0. The molecule has 0 bridgehead atoms. The zero-order valence-corrected chi connectivity index (χ0v) is 17.5. The van der Waals surface area contributed by atoms with E-state index in [-0.39, 0.29) is 29.6 Å². The number of H-pyrrole nitrogens is 1. The molecule has 1 atom stereocenters.